The van der Waals surface area contributed by atoms with Crippen molar-refractivity contribution in [3.05, 3.63) is 11.7 Å². The Morgan fingerprint density at radius 1 is 1.27 bits per heavy atom. The smallest absolute Gasteiger partial charge is 0.248 e. The van der Waals surface area contributed by atoms with Crippen LogP contribution in [0.25, 0.3) is 0 Å². The molecule has 3 fully saturated rings. The number of fused-ring (bicyclic) bond motifs is 5. The zero-order valence-electron chi connectivity index (χ0n) is 16.1. The van der Waals surface area contributed by atoms with Gasteiger partial charge in [-0.2, -0.15) is 4.98 Å². The quantitative estimate of drug-likeness (QED) is 0.736. The summed E-state index contributed by atoms with van der Waals surface area (Å²) in [5.74, 6) is 3.38. The van der Waals surface area contributed by atoms with E-state index in [4.69, 9.17) is 9.26 Å². The standard InChI is InChI=1S/C19H30N4O3/c1-4-25-11-19(24)22-8-13-14(9-22)16-6-5-15(13)23(16)10-17-20-18(26-21-17)7-12(2)3/h12-16H,4-11H2,1-3H3/t13-,14+,15-,16+. The number of nitrogens with zero attached hydrogens (tertiary/aromatic N) is 4. The summed E-state index contributed by atoms with van der Waals surface area (Å²) in [6.45, 7) is 9.57. The lowest BCUT2D eigenvalue weighted by Crippen LogP contribution is -2.38. The second-order valence-electron chi connectivity index (χ2n) is 8.35. The molecule has 1 aromatic rings. The second kappa shape index (κ2) is 7.27. The average molecular weight is 362 g/mol. The lowest BCUT2D eigenvalue weighted by Gasteiger charge is -2.25. The molecular formula is C19H30N4O3. The molecule has 4 heterocycles. The molecule has 0 unspecified atom stereocenters. The molecule has 3 aliphatic heterocycles. The van der Waals surface area contributed by atoms with Crippen molar-refractivity contribution < 1.29 is 14.1 Å². The van der Waals surface area contributed by atoms with Crippen LogP contribution in [0.2, 0.25) is 0 Å². The fourth-order valence-electron chi connectivity index (χ4n) is 5.18. The SMILES string of the molecule is CCOCC(=O)N1C[C@@H]2[C@H](C1)[C@@H]1CC[C@H]2N1Cc1noc(CC(C)C)n1. The number of ether oxygens (including phenoxy) is 1. The van der Waals surface area contributed by atoms with Gasteiger partial charge >= 0.3 is 0 Å². The van der Waals surface area contributed by atoms with E-state index >= 15 is 0 Å². The van der Waals surface area contributed by atoms with Crippen molar-refractivity contribution in [3.63, 3.8) is 0 Å². The summed E-state index contributed by atoms with van der Waals surface area (Å²) in [6, 6.07) is 1.09. The predicted octanol–water partition coefficient (Wildman–Crippen LogP) is 1.73. The zero-order chi connectivity index (χ0) is 18.3. The van der Waals surface area contributed by atoms with E-state index in [0.29, 0.717) is 36.4 Å². The Morgan fingerprint density at radius 3 is 2.58 bits per heavy atom. The van der Waals surface area contributed by atoms with Crippen LogP contribution >= 0.6 is 0 Å². The molecule has 0 N–H and O–H groups in total. The van der Waals surface area contributed by atoms with E-state index in [-0.39, 0.29) is 12.5 Å². The first-order valence-electron chi connectivity index (χ1n) is 9.99. The molecule has 144 valence electrons. The summed E-state index contributed by atoms with van der Waals surface area (Å²) < 4.78 is 10.7. The van der Waals surface area contributed by atoms with E-state index < -0.39 is 0 Å². The van der Waals surface area contributed by atoms with Gasteiger partial charge in [-0.25, -0.2) is 0 Å². The van der Waals surface area contributed by atoms with Crippen LogP contribution in [-0.4, -0.2) is 64.2 Å². The third-order valence-corrected chi connectivity index (χ3v) is 6.21. The predicted molar refractivity (Wildman–Crippen MR) is 95.2 cm³/mol. The maximum absolute atomic E-state index is 12.3. The monoisotopic (exact) mass is 362 g/mol. The van der Waals surface area contributed by atoms with E-state index in [1.165, 1.54) is 12.8 Å². The highest BCUT2D eigenvalue weighted by Gasteiger charge is 2.56. The minimum absolute atomic E-state index is 0.142. The second-order valence-corrected chi connectivity index (χ2v) is 8.35. The highest BCUT2D eigenvalue weighted by Crippen LogP contribution is 2.49. The van der Waals surface area contributed by atoms with Gasteiger partial charge in [0.1, 0.15) is 6.61 Å². The Hall–Kier alpha value is -1.47. The summed E-state index contributed by atoms with van der Waals surface area (Å²) in [5.41, 5.74) is 0. The maximum Gasteiger partial charge on any atom is 0.248 e. The Bertz CT molecular complexity index is 626. The Kier molecular flexibility index (Phi) is 5.01. The molecule has 3 saturated heterocycles. The Labute approximate surface area is 155 Å². The van der Waals surface area contributed by atoms with Gasteiger partial charge in [0.05, 0.1) is 6.54 Å². The van der Waals surface area contributed by atoms with E-state index in [0.717, 1.165) is 37.8 Å². The molecule has 0 radical (unpaired) electrons. The molecule has 2 bridgehead atoms. The minimum Gasteiger partial charge on any atom is -0.372 e. The average Bonchev–Trinajstić information content (AvgIpc) is 3.34. The number of carbonyl (C=O) groups excluding carboxylic acids is 1. The molecule has 4 atom stereocenters. The molecular weight excluding hydrogens is 332 g/mol. The van der Waals surface area contributed by atoms with Crippen LogP contribution in [0.1, 0.15) is 45.3 Å². The van der Waals surface area contributed by atoms with Crippen molar-refractivity contribution in [2.45, 2.75) is 58.7 Å². The molecule has 0 aromatic carbocycles. The molecule has 0 spiro atoms. The first-order valence-corrected chi connectivity index (χ1v) is 9.99. The van der Waals surface area contributed by atoms with E-state index in [1.54, 1.807) is 0 Å². The summed E-state index contributed by atoms with van der Waals surface area (Å²) in [7, 11) is 0. The normalized spacial score (nSPS) is 30.5. The van der Waals surface area contributed by atoms with E-state index in [2.05, 4.69) is 28.9 Å². The molecule has 7 heteroatoms. The van der Waals surface area contributed by atoms with Crippen molar-refractivity contribution >= 4 is 5.91 Å². The van der Waals surface area contributed by atoms with Crippen molar-refractivity contribution in [1.29, 1.82) is 0 Å². The number of likely N-dealkylation sites (tertiary alicyclic amines) is 1. The number of hydrogen-bond acceptors (Lipinski definition) is 6. The third-order valence-electron chi connectivity index (χ3n) is 6.21. The van der Waals surface area contributed by atoms with Gasteiger partial charge < -0.3 is 14.2 Å². The van der Waals surface area contributed by atoms with Crippen molar-refractivity contribution in [3.8, 4) is 0 Å². The number of amides is 1. The van der Waals surface area contributed by atoms with Gasteiger partial charge in [0, 0.05) is 38.2 Å². The lowest BCUT2D eigenvalue weighted by atomic mass is 9.82. The molecule has 0 aliphatic carbocycles. The van der Waals surface area contributed by atoms with E-state index in [9.17, 15) is 4.79 Å². The number of carbonyl (C=O) groups is 1. The Balaban J connectivity index is 1.37. The molecule has 26 heavy (non-hydrogen) atoms. The number of aromatic nitrogens is 2. The zero-order valence-corrected chi connectivity index (χ0v) is 16.1. The van der Waals surface area contributed by atoms with Gasteiger partial charge in [-0.3, -0.25) is 9.69 Å². The highest BCUT2D eigenvalue weighted by atomic mass is 16.5. The van der Waals surface area contributed by atoms with Crippen LogP contribution in [0.3, 0.4) is 0 Å². The largest absolute Gasteiger partial charge is 0.372 e. The summed E-state index contributed by atoms with van der Waals surface area (Å²) in [5, 5.41) is 4.19. The fourth-order valence-corrected chi connectivity index (χ4v) is 5.18. The molecule has 0 saturated carbocycles. The van der Waals surface area contributed by atoms with Gasteiger partial charge in [0.2, 0.25) is 11.8 Å². The van der Waals surface area contributed by atoms with Crippen LogP contribution in [0.5, 0.6) is 0 Å². The molecule has 7 nitrogen and oxygen atoms in total. The first-order chi connectivity index (χ1) is 12.6. The first kappa shape index (κ1) is 17.9. The topological polar surface area (TPSA) is 71.7 Å². The van der Waals surface area contributed by atoms with Crippen LogP contribution < -0.4 is 0 Å². The minimum atomic E-state index is 0.142. The summed E-state index contributed by atoms with van der Waals surface area (Å²) in [4.78, 5) is 21.5. The van der Waals surface area contributed by atoms with Crippen LogP contribution in [0, 0.1) is 17.8 Å². The van der Waals surface area contributed by atoms with Crippen molar-refractivity contribution in [1.82, 2.24) is 19.9 Å². The van der Waals surface area contributed by atoms with Gasteiger partial charge in [0.25, 0.3) is 0 Å². The van der Waals surface area contributed by atoms with Gasteiger partial charge in [-0.05, 0) is 37.5 Å². The van der Waals surface area contributed by atoms with Gasteiger partial charge in [0.15, 0.2) is 5.82 Å². The fraction of sp³-hybridized carbons (Fsp3) is 0.842. The summed E-state index contributed by atoms with van der Waals surface area (Å²) >= 11 is 0. The Morgan fingerprint density at radius 2 is 1.96 bits per heavy atom. The molecule has 4 rings (SSSR count). The third kappa shape index (κ3) is 3.27. The maximum atomic E-state index is 12.3. The van der Waals surface area contributed by atoms with Crippen molar-refractivity contribution in [2.24, 2.45) is 17.8 Å². The van der Waals surface area contributed by atoms with Crippen LogP contribution in [0.15, 0.2) is 4.52 Å². The van der Waals surface area contributed by atoms with Crippen molar-refractivity contribution in [2.75, 3.05) is 26.3 Å². The van der Waals surface area contributed by atoms with E-state index in [1.807, 2.05) is 11.8 Å². The molecule has 1 aromatic heterocycles. The van der Waals surface area contributed by atoms with Crippen LogP contribution in [-0.2, 0) is 22.5 Å². The van der Waals surface area contributed by atoms with Gasteiger partial charge in [-0.15, -0.1) is 0 Å². The van der Waals surface area contributed by atoms with Crippen LogP contribution in [0.4, 0.5) is 0 Å². The molecule has 3 aliphatic rings. The lowest BCUT2D eigenvalue weighted by molar-refractivity contribution is -0.135. The highest BCUT2D eigenvalue weighted by molar-refractivity contribution is 5.77. The number of hydrogen-bond donors (Lipinski definition) is 0. The van der Waals surface area contributed by atoms with Gasteiger partial charge in [-0.1, -0.05) is 19.0 Å². The summed E-state index contributed by atoms with van der Waals surface area (Å²) in [6.07, 6.45) is 3.27. The molecule has 1 amide bonds. The number of rotatable bonds is 7.